The lowest BCUT2D eigenvalue weighted by molar-refractivity contribution is -0.164. The summed E-state index contributed by atoms with van der Waals surface area (Å²) in [5.74, 6) is -0.760. The molecule has 0 aliphatic carbocycles. The molecule has 0 bridgehead atoms. The minimum Gasteiger partial charge on any atom is -0.494 e. The molecule has 3 rings (SSSR count). The van der Waals surface area contributed by atoms with Crippen LogP contribution in [0.3, 0.4) is 0 Å². The van der Waals surface area contributed by atoms with E-state index >= 15 is 0 Å². The summed E-state index contributed by atoms with van der Waals surface area (Å²) >= 11 is 0. The number of Topliss-reactive ketones (excluding diaryl/α,β-unsaturated/α-hetero) is 1. The molecule has 0 radical (unpaired) electrons. The van der Waals surface area contributed by atoms with Crippen LogP contribution in [-0.2, 0) is 25.5 Å². The van der Waals surface area contributed by atoms with Gasteiger partial charge in [-0.15, -0.1) is 0 Å². The van der Waals surface area contributed by atoms with Crippen LogP contribution in [0.4, 0.5) is 0 Å². The van der Waals surface area contributed by atoms with Crippen LogP contribution in [0.25, 0.3) is 0 Å². The number of carbonyl (C=O) groups excluding carboxylic acids is 3. The Morgan fingerprint density at radius 2 is 1.85 bits per heavy atom. The molecule has 1 unspecified atom stereocenters. The van der Waals surface area contributed by atoms with Crippen molar-refractivity contribution in [2.75, 3.05) is 26.7 Å². The fourth-order valence-corrected chi connectivity index (χ4v) is 4.70. The summed E-state index contributed by atoms with van der Waals surface area (Å²) < 4.78 is 12.1. The second kappa shape index (κ2) is 14.8. The molecule has 0 saturated carbocycles. The number of ether oxygens (including phenoxy) is 2. The smallest absolute Gasteiger partial charge is 0.329 e. The summed E-state index contributed by atoms with van der Waals surface area (Å²) in [6.45, 7) is 7.28. The van der Waals surface area contributed by atoms with Crippen LogP contribution in [0.15, 0.2) is 54.6 Å². The first-order valence-electron chi connectivity index (χ1n) is 14.2. The number of esters is 1. The first-order chi connectivity index (χ1) is 18.8. The third-order valence-corrected chi connectivity index (χ3v) is 7.59. The van der Waals surface area contributed by atoms with E-state index in [1.807, 2.05) is 56.4 Å². The molecule has 2 aromatic carbocycles. The van der Waals surface area contributed by atoms with Gasteiger partial charge in [-0.3, -0.25) is 9.59 Å². The van der Waals surface area contributed by atoms with Gasteiger partial charge >= 0.3 is 5.97 Å². The molecule has 212 valence electrons. The number of nitrogens with zero attached hydrogens (tertiary/aromatic N) is 1. The van der Waals surface area contributed by atoms with Gasteiger partial charge in [0, 0.05) is 12.0 Å². The van der Waals surface area contributed by atoms with Crippen LogP contribution in [0.1, 0.15) is 76.5 Å². The van der Waals surface area contributed by atoms with Crippen molar-refractivity contribution in [3.05, 3.63) is 65.7 Å². The quantitative estimate of drug-likeness (QED) is 0.201. The molecule has 1 amide bonds. The van der Waals surface area contributed by atoms with Crippen molar-refractivity contribution in [1.82, 2.24) is 10.2 Å². The highest BCUT2D eigenvalue weighted by atomic mass is 16.5. The lowest BCUT2D eigenvalue weighted by Crippen LogP contribution is -2.53. The van der Waals surface area contributed by atoms with Crippen molar-refractivity contribution < 1.29 is 23.9 Å². The second-order valence-electron chi connectivity index (χ2n) is 10.9. The predicted octanol–water partition coefficient (Wildman–Crippen LogP) is 5.28. The molecule has 39 heavy (non-hydrogen) atoms. The molecular formula is C32H44N2O5. The van der Waals surface area contributed by atoms with Crippen LogP contribution >= 0.6 is 0 Å². The Hall–Kier alpha value is -3.19. The zero-order valence-corrected chi connectivity index (χ0v) is 23.9. The van der Waals surface area contributed by atoms with Crippen LogP contribution in [0.2, 0.25) is 0 Å². The Balaban J connectivity index is 1.79. The lowest BCUT2D eigenvalue weighted by atomic mass is 9.84. The third-order valence-electron chi connectivity index (χ3n) is 7.59. The Morgan fingerprint density at radius 3 is 2.56 bits per heavy atom. The van der Waals surface area contributed by atoms with Gasteiger partial charge in [-0.1, -0.05) is 63.2 Å². The van der Waals surface area contributed by atoms with Crippen LogP contribution in [0.5, 0.6) is 5.75 Å². The molecule has 1 heterocycles. The van der Waals surface area contributed by atoms with E-state index in [4.69, 9.17) is 9.47 Å². The van der Waals surface area contributed by atoms with Gasteiger partial charge in [0.15, 0.2) is 0 Å². The number of ketones is 1. The summed E-state index contributed by atoms with van der Waals surface area (Å²) in [6.07, 6.45) is 4.29. The maximum absolute atomic E-state index is 13.6. The molecule has 1 N–H and O–H groups in total. The summed E-state index contributed by atoms with van der Waals surface area (Å²) in [4.78, 5) is 41.3. The average Bonchev–Trinajstić information content (AvgIpc) is 2.97. The fourth-order valence-electron chi connectivity index (χ4n) is 4.70. The maximum Gasteiger partial charge on any atom is 0.329 e. The highest BCUT2D eigenvalue weighted by molar-refractivity contribution is 6.38. The molecule has 7 nitrogen and oxygen atoms in total. The minimum atomic E-state index is -0.769. The third kappa shape index (κ3) is 8.65. The van der Waals surface area contributed by atoms with Crippen molar-refractivity contribution in [1.29, 1.82) is 0 Å². The van der Waals surface area contributed by atoms with Crippen molar-refractivity contribution in [2.24, 2.45) is 5.41 Å². The fraction of sp³-hybridized carbons (Fsp3) is 0.531. The van der Waals surface area contributed by atoms with E-state index in [0.29, 0.717) is 32.4 Å². The molecule has 1 saturated heterocycles. The number of hydrogen-bond donors (Lipinski definition) is 1. The summed E-state index contributed by atoms with van der Waals surface area (Å²) in [7, 11) is 1.91. The number of aryl methyl sites for hydroxylation is 1. The Morgan fingerprint density at radius 1 is 1.08 bits per heavy atom. The van der Waals surface area contributed by atoms with E-state index in [1.54, 1.807) is 13.8 Å². The molecule has 1 aliphatic heterocycles. The monoisotopic (exact) mass is 536 g/mol. The van der Waals surface area contributed by atoms with Crippen molar-refractivity contribution in [3.8, 4) is 5.75 Å². The first kappa shape index (κ1) is 30.4. The first-order valence-corrected chi connectivity index (χ1v) is 14.2. The molecule has 0 aromatic heterocycles. The van der Waals surface area contributed by atoms with Gasteiger partial charge < -0.3 is 19.7 Å². The molecular weight excluding hydrogens is 492 g/mol. The highest BCUT2D eigenvalue weighted by Crippen LogP contribution is 2.30. The molecule has 2 atom stereocenters. The summed E-state index contributed by atoms with van der Waals surface area (Å²) in [5, 5.41) is 3.11. The Labute approximate surface area is 233 Å². The summed E-state index contributed by atoms with van der Waals surface area (Å²) in [5.41, 5.74) is 1.23. The molecule has 1 fully saturated rings. The second-order valence-corrected chi connectivity index (χ2v) is 10.9. The van der Waals surface area contributed by atoms with Crippen LogP contribution < -0.4 is 10.1 Å². The Bertz CT molecular complexity index is 1080. The van der Waals surface area contributed by atoms with E-state index in [9.17, 15) is 14.4 Å². The molecule has 7 heteroatoms. The van der Waals surface area contributed by atoms with Gasteiger partial charge in [0.2, 0.25) is 5.78 Å². The van der Waals surface area contributed by atoms with Crippen LogP contribution in [0, 0.1) is 5.41 Å². The van der Waals surface area contributed by atoms with Gasteiger partial charge in [-0.25, -0.2) is 4.79 Å². The zero-order chi connectivity index (χ0) is 28.3. The average molecular weight is 537 g/mol. The van der Waals surface area contributed by atoms with E-state index in [2.05, 4.69) is 17.4 Å². The lowest BCUT2D eigenvalue weighted by Gasteiger charge is -2.36. The number of nitrogens with one attached hydrogen (secondary N) is 1. The number of likely N-dealkylation sites (tertiary alicyclic amines) is 1. The summed E-state index contributed by atoms with van der Waals surface area (Å²) in [6, 6.07) is 17.0. The maximum atomic E-state index is 13.6. The van der Waals surface area contributed by atoms with E-state index in [1.165, 1.54) is 4.90 Å². The molecule has 2 aromatic rings. The van der Waals surface area contributed by atoms with E-state index in [-0.39, 0.29) is 0 Å². The number of rotatable bonds is 14. The van der Waals surface area contributed by atoms with Gasteiger partial charge in [0.05, 0.1) is 6.61 Å². The molecule has 1 aliphatic rings. The standard InChI is InChI=1S/C32H44N2O5/c1-5-32(2,3)29(35)30(36)34-21-10-9-17-27(34)31(37)39-28(19-18-24-13-7-6-8-14-24)25-15-11-16-26(23-25)38-22-12-20-33-4/h6-8,11,13-16,23,27-28,33H,5,9-10,12,17-22H2,1-4H3/t27?,28-/m1/s1. The number of amides is 1. The molecule has 0 spiro atoms. The van der Waals surface area contributed by atoms with Crippen LogP contribution in [-0.4, -0.2) is 55.3 Å². The minimum absolute atomic E-state index is 0.384. The van der Waals surface area contributed by atoms with Crippen molar-refractivity contribution >= 4 is 17.7 Å². The normalized spacial score (nSPS) is 16.4. The van der Waals surface area contributed by atoms with Gasteiger partial charge in [0.25, 0.3) is 5.91 Å². The van der Waals surface area contributed by atoms with Crippen molar-refractivity contribution in [3.63, 3.8) is 0 Å². The van der Waals surface area contributed by atoms with Crippen molar-refractivity contribution in [2.45, 2.75) is 77.9 Å². The van der Waals surface area contributed by atoms with Gasteiger partial charge in [-0.05, 0) is 81.8 Å². The number of carbonyl (C=O) groups is 3. The highest BCUT2D eigenvalue weighted by Gasteiger charge is 2.41. The topological polar surface area (TPSA) is 84.9 Å². The van der Waals surface area contributed by atoms with E-state index in [0.717, 1.165) is 49.1 Å². The Kier molecular flexibility index (Phi) is 11.5. The largest absolute Gasteiger partial charge is 0.494 e. The SMILES string of the molecule is CCC(C)(C)C(=O)C(=O)N1CCCCC1C(=O)O[C@H](CCc1ccccc1)c1cccc(OCCCNC)c1. The van der Waals surface area contributed by atoms with E-state index < -0.39 is 35.2 Å². The number of piperidine rings is 1. The predicted molar refractivity (Wildman–Crippen MR) is 153 cm³/mol. The zero-order valence-electron chi connectivity index (χ0n) is 23.9. The number of benzene rings is 2. The number of hydrogen-bond acceptors (Lipinski definition) is 6. The van der Waals surface area contributed by atoms with Gasteiger partial charge in [0.1, 0.15) is 17.9 Å². The van der Waals surface area contributed by atoms with Gasteiger partial charge in [-0.2, -0.15) is 0 Å².